The van der Waals surface area contributed by atoms with Gasteiger partial charge in [0.25, 0.3) is 0 Å². The molecule has 0 atom stereocenters. The van der Waals surface area contributed by atoms with Crippen molar-refractivity contribution in [1.29, 1.82) is 5.26 Å². The molecule has 2 rings (SSSR count). The normalized spacial score (nSPS) is 15.9. The van der Waals surface area contributed by atoms with Crippen molar-refractivity contribution >= 4 is 5.82 Å². The lowest BCUT2D eigenvalue weighted by molar-refractivity contribution is 0.939. The molecule has 14 heavy (non-hydrogen) atoms. The SMILES string of the molecule is Cc1[nH]c(N2CCCC2)c(C#N)c1C. The van der Waals surface area contributed by atoms with Crippen molar-refractivity contribution in [1.82, 2.24) is 4.98 Å². The van der Waals surface area contributed by atoms with E-state index in [4.69, 9.17) is 5.26 Å². The zero-order valence-electron chi connectivity index (χ0n) is 8.72. The Morgan fingerprint density at radius 2 is 1.93 bits per heavy atom. The van der Waals surface area contributed by atoms with Crippen LogP contribution in [0.5, 0.6) is 0 Å². The van der Waals surface area contributed by atoms with Gasteiger partial charge in [0.15, 0.2) is 0 Å². The number of nitrogens with zero attached hydrogens (tertiary/aromatic N) is 2. The quantitative estimate of drug-likeness (QED) is 0.735. The molecule has 0 aromatic carbocycles. The Bertz CT molecular complexity index is 378. The van der Waals surface area contributed by atoms with Crippen molar-refractivity contribution < 1.29 is 0 Å². The van der Waals surface area contributed by atoms with E-state index in [0.717, 1.165) is 35.7 Å². The second-order valence-corrected chi connectivity index (χ2v) is 3.90. The molecule has 0 saturated carbocycles. The van der Waals surface area contributed by atoms with Gasteiger partial charge in [0.05, 0.1) is 5.56 Å². The lowest BCUT2D eigenvalue weighted by Gasteiger charge is -2.15. The van der Waals surface area contributed by atoms with E-state index >= 15 is 0 Å². The maximum atomic E-state index is 9.08. The summed E-state index contributed by atoms with van der Waals surface area (Å²) in [4.78, 5) is 5.59. The first-order valence-electron chi connectivity index (χ1n) is 5.08. The first-order valence-corrected chi connectivity index (χ1v) is 5.08. The van der Waals surface area contributed by atoms with Crippen molar-refractivity contribution in [3.63, 3.8) is 0 Å². The number of anilines is 1. The lowest BCUT2D eigenvalue weighted by atomic mass is 10.2. The smallest absolute Gasteiger partial charge is 0.124 e. The van der Waals surface area contributed by atoms with Crippen molar-refractivity contribution in [2.24, 2.45) is 0 Å². The fraction of sp³-hybridized carbons (Fsp3) is 0.545. The minimum absolute atomic E-state index is 0.824. The van der Waals surface area contributed by atoms with E-state index in [1.54, 1.807) is 0 Å². The van der Waals surface area contributed by atoms with Crippen molar-refractivity contribution in [3.05, 3.63) is 16.8 Å². The van der Waals surface area contributed by atoms with E-state index in [9.17, 15) is 0 Å². The first-order chi connectivity index (χ1) is 6.74. The summed E-state index contributed by atoms with van der Waals surface area (Å²) >= 11 is 0. The Kier molecular flexibility index (Phi) is 2.20. The fourth-order valence-electron chi connectivity index (χ4n) is 2.01. The zero-order valence-corrected chi connectivity index (χ0v) is 8.72. The van der Waals surface area contributed by atoms with Gasteiger partial charge in [-0.3, -0.25) is 0 Å². The average Bonchev–Trinajstić information content (AvgIpc) is 2.76. The molecular formula is C11H15N3. The Hall–Kier alpha value is -1.43. The standard InChI is InChI=1S/C11H15N3/c1-8-9(2)13-11(10(8)7-12)14-5-3-4-6-14/h13H,3-6H2,1-2H3. The molecular weight excluding hydrogens is 174 g/mol. The number of H-pyrrole nitrogens is 1. The molecule has 1 aliphatic rings. The highest BCUT2D eigenvalue weighted by atomic mass is 15.2. The monoisotopic (exact) mass is 189 g/mol. The largest absolute Gasteiger partial charge is 0.357 e. The molecule has 1 aliphatic heterocycles. The number of aromatic amines is 1. The third kappa shape index (κ3) is 1.27. The molecule has 74 valence electrons. The summed E-state index contributed by atoms with van der Waals surface area (Å²) < 4.78 is 0. The predicted molar refractivity (Wildman–Crippen MR) is 56.4 cm³/mol. The van der Waals surface area contributed by atoms with Gasteiger partial charge in [-0.15, -0.1) is 0 Å². The molecule has 2 heterocycles. The second kappa shape index (κ2) is 3.38. The summed E-state index contributed by atoms with van der Waals surface area (Å²) in [5.74, 6) is 1.03. The second-order valence-electron chi connectivity index (χ2n) is 3.90. The molecule has 0 aliphatic carbocycles. The molecule has 0 bridgehead atoms. The maximum absolute atomic E-state index is 9.08. The summed E-state index contributed by atoms with van der Waals surface area (Å²) in [5.41, 5.74) is 3.03. The summed E-state index contributed by atoms with van der Waals surface area (Å²) in [6.45, 7) is 6.18. The van der Waals surface area contributed by atoms with Crippen LogP contribution in [0.25, 0.3) is 0 Å². The van der Waals surface area contributed by atoms with E-state index in [0.29, 0.717) is 0 Å². The number of aryl methyl sites for hydroxylation is 1. The molecule has 0 amide bonds. The molecule has 0 unspecified atom stereocenters. The molecule has 0 spiro atoms. The van der Waals surface area contributed by atoms with Crippen LogP contribution in [-0.2, 0) is 0 Å². The van der Waals surface area contributed by atoms with Crippen LogP contribution in [0.2, 0.25) is 0 Å². The van der Waals surface area contributed by atoms with Crippen LogP contribution >= 0.6 is 0 Å². The average molecular weight is 189 g/mol. The van der Waals surface area contributed by atoms with E-state index in [1.165, 1.54) is 12.8 Å². The number of hydrogen-bond donors (Lipinski definition) is 1. The fourth-order valence-corrected chi connectivity index (χ4v) is 2.01. The van der Waals surface area contributed by atoms with Crippen LogP contribution in [0, 0.1) is 25.2 Å². The summed E-state index contributed by atoms with van der Waals surface area (Å²) in [5, 5.41) is 9.08. The molecule has 1 aromatic rings. The molecule has 3 nitrogen and oxygen atoms in total. The van der Waals surface area contributed by atoms with Crippen LogP contribution in [0.4, 0.5) is 5.82 Å². The maximum Gasteiger partial charge on any atom is 0.124 e. The minimum atomic E-state index is 0.824. The molecule has 1 N–H and O–H groups in total. The molecule has 1 saturated heterocycles. The van der Waals surface area contributed by atoms with E-state index in [-0.39, 0.29) is 0 Å². The topological polar surface area (TPSA) is 42.8 Å². The van der Waals surface area contributed by atoms with Gasteiger partial charge in [-0.25, -0.2) is 0 Å². The van der Waals surface area contributed by atoms with Gasteiger partial charge in [-0.2, -0.15) is 5.26 Å². The van der Waals surface area contributed by atoms with Gasteiger partial charge in [0, 0.05) is 18.8 Å². The Labute approximate surface area is 84.3 Å². The highest BCUT2D eigenvalue weighted by Gasteiger charge is 2.19. The highest BCUT2D eigenvalue weighted by Crippen LogP contribution is 2.27. The van der Waals surface area contributed by atoms with Gasteiger partial charge < -0.3 is 9.88 Å². The number of hydrogen-bond acceptors (Lipinski definition) is 2. The zero-order chi connectivity index (χ0) is 10.1. The molecule has 1 aromatic heterocycles. The Morgan fingerprint density at radius 1 is 1.29 bits per heavy atom. The summed E-state index contributed by atoms with van der Waals surface area (Å²) in [6, 6.07) is 2.29. The van der Waals surface area contributed by atoms with Crippen molar-refractivity contribution in [2.75, 3.05) is 18.0 Å². The van der Waals surface area contributed by atoms with Gasteiger partial charge in [0.1, 0.15) is 11.9 Å². The Morgan fingerprint density at radius 3 is 2.50 bits per heavy atom. The van der Waals surface area contributed by atoms with Gasteiger partial charge in [-0.1, -0.05) is 0 Å². The van der Waals surface area contributed by atoms with E-state index in [2.05, 4.69) is 16.0 Å². The van der Waals surface area contributed by atoms with Crippen molar-refractivity contribution in [2.45, 2.75) is 26.7 Å². The lowest BCUT2D eigenvalue weighted by Crippen LogP contribution is -2.18. The third-order valence-corrected chi connectivity index (χ3v) is 3.01. The van der Waals surface area contributed by atoms with Crippen LogP contribution < -0.4 is 4.90 Å². The highest BCUT2D eigenvalue weighted by molar-refractivity contribution is 5.60. The number of aromatic nitrogens is 1. The van der Waals surface area contributed by atoms with E-state index in [1.807, 2.05) is 13.8 Å². The number of nitrogens with one attached hydrogen (secondary N) is 1. The van der Waals surface area contributed by atoms with Crippen LogP contribution in [0.15, 0.2) is 0 Å². The van der Waals surface area contributed by atoms with Gasteiger partial charge in [0.2, 0.25) is 0 Å². The third-order valence-electron chi connectivity index (χ3n) is 3.01. The van der Waals surface area contributed by atoms with Crippen LogP contribution in [-0.4, -0.2) is 18.1 Å². The predicted octanol–water partition coefficient (Wildman–Crippen LogP) is 2.10. The molecule has 0 radical (unpaired) electrons. The van der Waals surface area contributed by atoms with E-state index < -0.39 is 0 Å². The van der Waals surface area contributed by atoms with Gasteiger partial charge >= 0.3 is 0 Å². The van der Waals surface area contributed by atoms with Crippen molar-refractivity contribution in [3.8, 4) is 6.07 Å². The van der Waals surface area contributed by atoms with Crippen LogP contribution in [0.3, 0.4) is 0 Å². The number of nitriles is 1. The summed E-state index contributed by atoms with van der Waals surface area (Å²) in [6.07, 6.45) is 2.48. The minimum Gasteiger partial charge on any atom is -0.357 e. The van der Waals surface area contributed by atoms with Crippen LogP contribution in [0.1, 0.15) is 29.7 Å². The molecule has 1 fully saturated rings. The summed E-state index contributed by atoms with van der Waals surface area (Å²) in [7, 11) is 0. The van der Waals surface area contributed by atoms with Gasteiger partial charge in [-0.05, 0) is 32.3 Å². The Balaban J connectivity index is 2.42. The number of rotatable bonds is 1. The molecule has 3 heteroatoms. The first kappa shape index (κ1) is 9.14.